The lowest BCUT2D eigenvalue weighted by atomic mass is 10.1. The molecule has 6 heteroatoms. The predicted molar refractivity (Wildman–Crippen MR) is 91.2 cm³/mol. The number of nitrogens with zero attached hydrogens (tertiary/aromatic N) is 4. The number of rotatable bonds is 4. The molecule has 0 fully saturated rings. The van der Waals surface area contributed by atoms with Crippen molar-refractivity contribution in [1.82, 2.24) is 9.97 Å². The average molecular weight is 298 g/mol. The van der Waals surface area contributed by atoms with Crippen LogP contribution in [0.5, 0.6) is 0 Å². The second-order valence-electron chi connectivity index (χ2n) is 5.45. The van der Waals surface area contributed by atoms with Gasteiger partial charge in [0.05, 0.1) is 12.2 Å². The number of aromatic nitrogens is 2. The highest BCUT2D eigenvalue weighted by atomic mass is 15.2. The van der Waals surface area contributed by atoms with Crippen LogP contribution in [0, 0.1) is 13.8 Å². The van der Waals surface area contributed by atoms with Crippen LogP contribution in [-0.2, 0) is 6.54 Å². The Bertz CT molecular complexity index is 658. The highest BCUT2D eigenvalue weighted by Gasteiger charge is 2.02. The van der Waals surface area contributed by atoms with Crippen molar-refractivity contribution in [3.05, 3.63) is 47.3 Å². The summed E-state index contributed by atoms with van der Waals surface area (Å²) >= 11 is 0. The second-order valence-corrected chi connectivity index (χ2v) is 5.45. The Hall–Kier alpha value is -2.63. The molecule has 0 aliphatic rings. The van der Waals surface area contributed by atoms with Crippen LogP contribution >= 0.6 is 0 Å². The van der Waals surface area contributed by atoms with Gasteiger partial charge in [0.25, 0.3) is 0 Å². The molecular weight excluding hydrogens is 276 g/mol. The molecule has 0 aliphatic heterocycles. The molecule has 0 bridgehead atoms. The summed E-state index contributed by atoms with van der Waals surface area (Å²) in [4.78, 5) is 14.8. The van der Waals surface area contributed by atoms with Crippen LogP contribution in [0.25, 0.3) is 0 Å². The SMILES string of the molecule is Cc1cc(C)cc(NC(N)=NCc2ccnc(N(C)C)n2)c1. The summed E-state index contributed by atoms with van der Waals surface area (Å²) in [7, 11) is 3.80. The Morgan fingerprint density at radius 2 is 1.91 bits per heavy atom. The zero-order valence-electron chi connectivity index (χ0n) is 13.5. The van der Waals surface area contributed by atoms with Gasteiger partial charge in [-0.3, -0.25) is 0 Å². The van der Waals surface area contributed by atoms with Crippen LogP contribution in [0.1, 0.15) is 16.8 Å². The summed E-state index contributed by atoms with van der Waals surface area (Å²) in [5, 5.41) is 3.11. The monoisotopic (exact) mass is 298 g/mol. The molecule has 0 radical (unpaired) electrons. The molecule has 0 saturated heterocycles. The fourth-order valence-corrected chi connectivity index (χ4v) is 2.09. The standard InChI is InChI=1S/C16H22N6/c1-11-7-12(2)9-14(8-11)20-15(17)19-10-13-5-6-18-16(21-13)22(3)4/h5-9H,10H2,1-4H3,(H3,17,19,20). The van der Waals surface area contributed by atoms with Crippen molar-refractivity contribution in [2.75, 3.05) is 24.3 Å². The normalized spacial score (nSPS) is 11.4. The Labute approximate surface area is 131 Å². The second kappa shape index (κ2) is 6.89. The van der Waals surface area contributed by atoms with Gasteiger partial charge in [0.2, 0.25) is 5.95 Å². The maximum absolute atomic E-state index is 5.94. The summed E-state index contributed by atoms with van der Waals surface area (Å²) in [6, 6.07) is 8.01. The minimum atomic E-state index is 0.370. The summed E-state index contributed by atoms with van der Waals surface area (Å²) in [6.07, 6.45) is 1.72. The number of aryl methyl sites for hydroxylation is 2. The molecule has 0 unspecified atom stereocenters. The first-order valence-corrected chi connectivity index (χ1v) is 7.08. The van der Waals surface area contributed by atoms with Gasteiger partial charge in [0, 0.05) is 26.0 Å². The van der Waals surface area contributed by atoms with E-state index in [1.165, 1.54) is 11.1 Å². The fourth-order valence-electron chi connectivity index (χ4n) is 2.09. The number of benzene rings is 1. The molecule has 2 aromatic rings. The van der Waals surface area contributed by atoms with Crippen molar-refractivity contribution in [2.24, 2.45) is 10.7 Å². The van der Waals surface area contributed by atoms with E-state index in [9.17, 15) is 0 Å². The highest BCUT2D eigenvalue weighted by Crippen LogP contribution is 2.13. The first-order chi connectivity index (χ1) is 10.4. The largest absolute Gasteiger partial charge is 0.370 e. The van der Waals surface area contributed by atoms with Gasteiger partial charge in [-0.15, -0.1) is 0 Å². The molecule has 1 aromatic carbocycles. The molecule has 0 saturated carbocycles. The summed E-state index contributed by atoms with van der Waals surface area (Å²) < 4.78 is 0. The van der Waals surface area contributed by atoms with Gasteiger partial charge in [-0.05, 0) is 43.2 Å². The van der Waals surface area contributed by atoms with Crippen LogP contribution in [0.15, 0.2) is 35.5 Å². The average Bonchev–Trinajstić information content (AvgIpc) is 2.44. The Kier molecular flexibility index (Phi) is 4.93. The van der Waals surface area contributed by atoms with Crippen molar-refractivity contribution in [3.63, 3.8) is 0 Å². The number of aliphatic imine (C=N–C) groups is 1. The van der Waals surface area contributed by atoms with Crippen LogP contribution < -0.4 is 16.0 Å². The number of nitrogens with two attached hydrogens (primary N) is 1. The van der Waals surface area contributed by atoms with E-state index >= 15 is 0 Å². The lowest BCUT2D eigenvalue weighted by Crippen LogP contribution is -2.22. The Morgan fingerprint density at radius 1 is 1.23 bits per heavy atom. The van der Waals surface area contributed by atoms with Crippen molar-refractivity contribution >= 4 is 17.6 Å². The van der Waals surface area contributed by atoms with E-state index in [-0.39, 0.29) is 0 Å². The van der Waals surface area contributed by atoms with Gasteiger partial charge >= 0.3 is 0 Å². The topological polar surface area (TPSA) is 79.4 Å². The zero-order chi connectivity index (χ0) is 16.1. The van der Waals surface area contributed by atoms with E-state index < -0.39 is 0 Å². The maximum Gasteiger partial charge on any atom is 0.225 e. The molecule has 116 valence electrons. The molecule has 0 aliphatic carbocycles. The van der Waals surface area contributed by atoms with Gasteiger partial charge < -0.3 is 16.0 Å². The van der Waals surface area contributed by atoms with Gasteiger partial charge in [0.15, 0.2) is 5.96 Å². The van der Waals surface area contributed by atoms with Crippen LogP contribution in [0.2, 0.25) is 0 Å². The summed E-state index contributed by atoms with van der Waals surface area (Å²) in [5.41, 5.74) is 10.1. The maximum atomic E-state index is 5.94. The Balaban J connectivity index is 2.05. The lowest BCUT2D eigenvalue weighted by Gasteiger charge is -2.10. The first kappa shape index (κ1) is 15.8. The molecule has 6 nitrogen and oxygen atoms in total. The number of hydrogen-bond acceptors (Lipinski definition) is 4. The van der Waals surface area contributed by atoms with E-state index in [1.807, 2.05) is 37.2 Å². The number of anilines is 2. The van der Waals surface area contributed by atoms with E-state index in [4.69, 9.17) is 5.73 Å². The molecule has 0 amide bonds. The fraction of sp³-hybridized carbons (Fsp3) is 0.312. The molecular formula is C16H22N6. The minimum Gasteiger partial charge on any atom is -0.370 e. The smallest absolute Gasteiger partial charge is 0.225 e. The van der Waals surface area contributed by atoms with Crippen molar-refractivity contribution in [3.8, 4) is 0 Å². The molecule has 0 atom stereocenters. The van der Waals surface area contributed by atoms with Crippen LogP contribution in [0.3, 0.4) is 0 Å². The lowest BCUT2D eigenvalue weighted by molar-refractivity contribution is 0.921. The van der Waals surface area contributed by atoms with Gasteiger partial charge in [-0.1, -0.05) is 6.07 Å². The van der Waals surface area contributed by atoms with Crippen molar-refractivity contribution in [1.29, 1.82) is 0 Å². The molecule has 1 aromatic heterocycles. The van der Waals surface area contributed by atoms with Gasteiger partial charge in [-0.25, -0.2) is 15.0 Å². The molecule has 1 heterocycles. The molecule has 2 rings (SSSR count). The van der Waals surface area contributed by atoms with Crippen LogP contribution in [0.4, 0.5) is 11.6 Å². The van der Waals surface area contributed by atoms with Gasteiger partial charge in [-0.2, -0.15) is 0 Å². The predicted octanol–water partition coefficient (Wildman–Crippen LogP) is 2.09. The molecule has 3 N–H and O–H groups in total. The third kappa shape index (κ3) is 4.44. The van der Waals surface area contributed by atoms with Crippen molar-refractivity contribution < 1.29 is 0 Å². The van der Waals surface area contributed by atoms with Gasteiger partial charge in [0.1, 0.15) is 0 Å². The number of guanidine groups is 1. The molecule has 0 spiro atoms. The minimum absolute atomic E-state index is 0.370. The third-order valence-electron chi connectivity index (χ3n) is 3.01. The summed E-state index contributed by atoms with van der Waals surface area (Å²) in [6.45, 7) is 4.51. The zero-order valence-corrected chi connectivity index (χ0v) is 13.5. The van der Waals surface area contributed by atoms with E-state index in [0.29, 0.717) is 18.5 Å². The molecule has 22 heavy (non-hydrogen) atoms. The van der Waals surface area contributed by atoms with Crippen molar-refractivity contribution in [2.45, 2.75) is 20.4 Å². The summed E-state index contributed by atoms with van der Waals surface area (Å²) in [5.74, 6) is 1.03. The first-order valence-electron chi connectivity index (χ1n) is 7.08. The van der Waals surface area contributed by atoms with E-state index in [1.54, 1.807) is 6.20 Å². The van der Waals surface area contributed by atoms with Crippen LogP contribution in [-0.4, -0.2) is 30.0 Å². The number of hydrogen-bond donors (Lipinski definition) is 2. The third-order valence-corrected chi connectivity index (χ3v) is 3.01. The highest BCUT2D eigenvalue weighted by molar-refractivity contribution is 5.92. The quantitative estimate of drug-likeness (QED) is 0.667. The van der Waals surface area contributed by atoms with E-state index in [0.717, 1.165) is 11.4 Å². The Morgan fingerprint density at radius 3 is 2.55 bits per heavy atom. The van der Waals surface area contributed by atoms with E-state index in [2.05, 4.69) is 40.2 Å². The number of nitrogens with one attached hydrogen (secondary N) is 1.